The summed E-state index contributed by atoms with van der Waals surface area (Å²) in [5.41, 5.74) is 2.86. The van der Waals surface area contributed by atoms with Crippen LogP contribution in [0.4, 0.5) is 0 Å². The van der Waals surface area contributed by atoms with Crippen molar-refractivity contribution in [2.24, 2.45) is 0 Å². The molecule has 1 aromatic carbocycles. The molecule has 5 heteroatoms. The van der Waals surface area contributed by atoms with Gasteiger partial charge in [0.1, 0.15) is 0 Å². The lowest BCUT2D eigenvalue weighted by atomic mass is 10.1. The molecule has 0 radical (unpaired) electrons. The second kappa shape index (κ2) is 8.08. The maximum Gasteiger partial charge on any atom is 0.0265 e. The van der Waals surface area contributed by atoms with Gasteiger partial charge in [-0.15, -0.1) is 0 Å². The van der Waals surface area contributed by atoms with Crippen LogP contribution in [0.1, 0.15) is 11.1 Å². The van der Waals surface area contributed by atoms with Crippen molar-refractivity contribution in [3.8, 4) is 0 Å². The van der Waals surface area contributed by atoms with Crippen LogP contribution in [0.2, 0.25) is 0 Å². The van der Waals surface area contributed by atoms with Crippen LogP contribution >= 0.6 is 15.9 Å². The third-order valence-corrected chi connectivity index (χ3v) is 6.16. The summed E-state index contributed by atoms with van der Waals surface area (Å²) in [6, 6.07) is 6.77. The van der Waals surface area contributed by atoms with Gasteiger partial charge in [0, 0.05) is 69.9 Å². The SMILES string of the molecule is CN1CCN(Cc2cccc(CN3CCN(C)CC3)c2Br)CC1. The highest BCUT2D eigenvalue weighted by atomic mass is 79.9. The van der Waals surface area contributed by atoms with Crippen molar-refractivity contribution in [2.75, 3.05) is 66.5 Å². The molecule has 0 amide bonds. The zero-order valence-electron chi connectivity index (χ0n) is 14.5. The second-order valence-electron chi connectivity index (χ2n) is 7.05. The fourth-order valence-electron chi connectivity index (χ4n) is 3.37. The van der Waals surface area contributed by atoms with Gasteiger partial charge in [0.25, 0.3) is 0 Å². The van der Waals surface area contributed by atoms with E-state index in [4.69, 9.17) is 0 Å². The fraction of sp³-hybridized carbons (Fsp3) is 0.667. The fourth-order valence-corrected chi connectivity index (χ4v) is 3.89. The van der Waals surface area contributed by atoms with Gasteiger partial charge in [-0.3, -0.25) is 9.80 Å². The normalized spacial score (nSPS) is 22.6. The molecule has 3 rings (SSSR count). The number of piperazine rings is 2. The average molecular weight is 381 g/mol. The van der Waals surface area contributed by atoms with Crippen LogP contribution < -0.4 is 0 Å². The number of hydrogen-bond acceptors (Lipinski definition) is 4. The molecule has 0 N–H and O–H groups in total. The molecule has 0 aliphatic carbocycles. The Kier molecular flexibility index (Phi) is 6.10. The summed E-state index contributed by atoms with van der Waals surface area (Å²) in [4.78, 5) is 9.96. The third kappa shape index (κ3) is 4.77. The number of rotatable bonds is 4. The Balaban J connectivity index is 1.61. The first-order chi connectivity index (χ1) is 11.1. The molecule has 0 spiro atoms. The molecule has 0 bridgehead atoms. The van der Waals surface area contributed by atoms with Crippen LogP contribution in [0.15, 0.2) is 22.7 Å². The molecular formula is C18H29BrN4. The molecule has 0 aromatic heterocycles. The van der Waals surface area contributed by atoms with E-state index >= 15 is 0 Å². The van der Waals surface area contributed by atoms with Gasteiger partial charge in [0.15, 0.2) is 0 Å². The Morgan fingerprint density at radius 3 is 1.52 bits per heavy atom. The van der Waals surface area contributed by atoms with Crippen molar-refractivity contribution in [1.82, 2.24) is 19.6 Å². The van der Waals surface area contributed by atoms with Crippen molar-refractivity contribution in [2.45, 2.75) is 13.1 Å². The lowest BCUT2D eigenvalue weighted by Gasteiger charge is -2.33. The van der Waals surface area contributed by atoms with Crippen LogP contribution in [0.5, 0.6) is 0 Å². The van der Waals surface area contributed by atoms with Gasteiger partial charge in [-0.2, -0.15) is 0 Å². The van der Waals surface area contributed by atoms with E-state index in [1.54, 1.807) is 0 Å². The standard InChI is InChI=1S/C18H29BrN4/c1-20-6-10-22(11-7-20)14-16-4-3-5-17(18(16)19)15-23-12-8-21(2)9-13-23/h3-5H,6-15H2,1-2H3. The number of halogens is 1. The van der Waals surface area contributed by atoms with E-state index in [-0.39, 0.29) is 0 Å². The molecule has 0 unspecified atom stereocenters. The highest BCUT2D eigenvalue weighted by molar-refractivity contribution is 9.10. The largest absolute Gasteiger partial charge is 0.304 e. The van der Waals surface area contributed by atoms with E-state index in [0.29, 0.717) is 0 Å². The Morgan fingerprint density at radius 1 is 0.739 bits per heavy atom. The van der Waals surface area contributed by atoms with Crippen molar-refractivity contribution >= 4 is 15.9 Å². The summed E-state index contributed by atoms with van der Waals surface area (Å²) < 4.78 is 1.32. The predicted octanol–water partition coefficient (Wildman–Crippen LogP) is 1.94. The third-order valence-electron chi connectivity index (χ3n) is 5.14. The first kappa shape index (κ1) is 17.4. The van der Waals surface area contributed by atoms with Gasteiger partial charge in [-0.25, -0.2) is 0 Å². The molecule has 23 heavy (non-hydrogen) atoms. The molecule has 2 heterocycles. The van der Waals surface area contributed by atoms with E-state index in [2.05, 4.69) is 67.8 Å². The molecule has 2 aliphatic rings. The minimum absolute atomic E-state index is 1.06. The molecule has 128 valence electrons. The van der Waals surface area contributed by atoms with Gasteiger partial charge in [0.05, 0.1) is 0 Å². The summed E-state index contributed by atoms with van der Waals surface area (Å²) >= 11 is 3.88. The lowest BCUT2D eigenvalue weighted by Crippen LogP contribution is -2.44. The van der Waals surface area contributed by atoms with Crippen molar-refractivity contribution in [3.63, 3.8) is 0 Å². The van der Waals surface area contributed by atoms with E-state index in [0.717, 1.165) is 13.1 Å². The molecule has 2 saturated heterocycles. The van der Waals surface area contributed by atoms with Crippen LogP contribution in [-0.4, -0.2) is 86.1 Å². The van der Waals surface area contributed by atoms with Crippen LogP contribution in [0.3, 0.4) is 0 Å². The van der Waals surface area contributed by atoms with E-state index < -0.39 is 0 Å². The Bertz CT molecular complexity index is 463. The summed E-state index contributed by atoms with van der Waals surface area (Å²) in [5, 5.41) is 0. The summed E-state index contributed by atoms with van der Waals surface area (Å²) in [5.74, 6) is 0. The Hall–Kier alpha value is -0.460. The van der Waals surface area contributed by atoms with Crippen LogP contribution in [0, 0.1) is 0 Å². The summed E-state index contributed by atoms with van der Waals surface area (Å²) in [6.45, 7) is 11.5. The monoisotopic (exact) mass is 380 g/mol. The average Bonchev–Trinajstić information content (AvgIpc) is 2.55. The van der Waals surface area contributed by atoms with Gasteiger partial charge in [-0.1, -0.05) is 34.1 Å². The Morgan fingerprint density at radius 2 is 1.13 bits per heavy atom. The van der Waals surface area contributed by atoms with E-state index in [1.807, 2.05) is 0 Å². The molecule has 0 atom stereocenters. The smallest absolute Gasteiger partial charge is 0.0265 e. The van der Waals surface area contributed by atoms with E-state index in [9.17, 15) is 0 Å². The van der Waals surface area contributed by atoms with Crippen LogP contribution in [-0.2, 0) is 13.1 Å². The predicted molar refractivity (Wildman–Crippen MR) is 99.7 cm³/mol. The minimum atomic E-state index is 1.06. The van der Waals surface area contributed by atoms with Gasteiger partial charge < -0.3 is 9.80 Å². The van der Waals surface area contributed by atoms with Crippen molar-refractivity contribution in [3.05, 3.63) is 33.8 Å². The molecule has 2 aliphatic heterocycles. The molecule has 1 aromatic rings. The zero-order chi connectivity index (χ0) is 16.2. The maximum absolute atomic E-state index is 3.88. The minimum Gasteiger partial charge on any atom is -0.304 e. The number of likely N-dealkylation sites (N-methyl/N-ethyl adjacent to an activating group) is 2. The topological polar surface area (TPSA) is 13.0 Å². The summed E-state index contributed by atoms with van der Waals surface area (Å²) in [7, 11) is 4.42. The quantitative estimate of drug-likeness (QED) is 0.790. The maximum atomic E-state index is 3.88. The second-order valence-corrected chi connectivity index (χ2v) is 7.84. The highest BCUT2D eigenvalue weighted by Gasteiger charge is 2.18. The Labute approximate surface area is 149 Å². The zero-order valence-corrected chi connectivity index (χ0v) is 16.1. The lowest BCUT2D eigenvalue weighted by molar-refractivity contribution is 0.146. The van der Waals surface area contributed by atoms with Crippen LogP contribution in [0.25, 0.3) is 0 Å². The van der Waals surface area contributed by atoms with Gasteiger partial charge >= 0.3 is 0 Å². The molecular weight excluding hydrogens is 352 g/mol. The molecule has 4 nitrogen and oxygen atoms in total. The number of hydrogen-bond donors (Lipinski definition) is 0. The first-order valence-corrected chi connectivity index (χ1v) is 9.49. The summed E-state index contributed by atoms with van der Waals surface area (Å²) in [6.07, 6.45) is 0. The molecule has 0 saturated carbocycles. The van der Waals surface area contributed by atoms with E-state index in [1.165, 1.54) is 68.0 Å². The van der Waals surface area contributed by atoms with Crippen molar-refractivity contribution in [1.29, 1.82) is 0 Å². The highest BCUT2D eigenvalue weighted by Crippen LogP contribution is 2.25. The molecule has 2 fully saturated rings. The van der Waals surface area contributed by atoms with Gasteiger partial charge in [-0.05, 0) is 25.2 Å². The first-order valence-electron chi connectivity index (χ1n) is 8.70. The van der Waals surface area contributed by atoms with Crippen molar-refractivity contribution < 1.29 is 0 Å². The number of benzene rings is 1. The van der Waals surface area contributed by atoms with Gasteiger partial charge in [0.2, 0.25) is 0 Å². The number of nitrogens with zero attached hydrogens (tertiary/aromatic N) is 4.